The summed E-state index contributed by atoms with van der Waals surface area (Å²) in [6.45, 7) is 0.413. The second-order valence-electron chi connectivity index (χ2n) is 2.62. The van der Waals surface area contributed by atoms with E-state index in [4.69, 9.17) is 0 Å². The van der Waals surface area contributed by atoms with Crippen molar-refractivity contribution in [2.75, 3.05) is 6.67 Å². The average molecular weight is 175 g/mol. The third-order valence-corrected chi connectivity index (χ3v) is 1.76. The van der Waals surface area contributed by atoms with Gasteiger partial charge in [-0.2, -0.15) is 0 Å². The summed E-state index contributed by atoms with van der Waals surface area (Å²) in [5.41, 5.74) is 0.702. The monoisotopic (exact) mass is 175 g/mol. The van der Waals surface area contributed by atoms with E-state index in [1.54, 1.807) is 24.5 Å². The van der Waals surface area contributed by atoms with E-state index >= 15 is 0 Å². The number of hydrogen-bond donors (Lipinski definition) is 2. The lowest BCUT2D eigenvalue weighted by molar-refractivity contribution is 0.474. The minimum Gasteiger partial charge on any atom is -0.507 e. The van der Waals surface area contributed by atoms with Gasteiger partial charge < -0.3 is 10.4 Å². The molecule has 1 aliphatic heterocycles. The summed E-state index contributed by atoms with van der Waals surface area (Å²) >= 11 is 0. The highest BCUT2D eigenvalue weighted by Crippen LogP contribution is 2.15. The molecule has 0 amide bonds. The molecular weight excluding hydrogens is 166 g/mol. The lowest BCUT2D eigenvalue weighted by Crippen LogP contribution is -2.26. The minimum atomic E-state index is 0.226. The molecule has 0 aromatic heterocycles. The highest BCUT2D eigenvalue weighted by atomic mass is 16.3. The second-order valence-corrected chi connectivity index (χ2v) is 2.62. The van der Waals surface area contributed by atoms with Crippen molar-refractivity contribution in [1.29, 1.82) is 0 Å². The second kappa shape index (κ2) is 3.26. The zero-order valence-electron chi connectivity index (χ0n) is 6.94. The van der Waals surface area contributed by atoms with Crippen LogP contribution in [0.4, 0.5) is 0 Å². The molecule has 4 nitrogen and oxygen atoms in total. The highest BCUT2D eigenvalue weighted by molar-refractivity contribution is 6.06. The van der Waals surface area contributed by atoms with Crippen LogP contribution in [0.5, 0.6) is 5.75 Å². The number of nitrogens with one attached hydrogen (secondary N) is 1. The van der Waals surface area contributed by atoms with E-state index in [1.807, 2.05) is 6.07 Å². The Morgan fingerprint density at radius 2 is 2.15 bits per heavy atom. The van der Waals surface area contributed by atoms with Crippen LogP contribution in [0.2, 0.25) is 0 Å². The first-order chi connectivity index (χ1) is 6.38. The molecular formula is C9H9N3O. The van der Waals surface area contributed by atoms with Crippen LogP contribution in [-0.4, -0.2) is 23.9 Å². The van der Waals surface area contributed by atoms with Gasteiger partial charge in [-0.3, -0.25) is 4.99 Å². The normalized spacial score (nSPS) is 14.9. The molecule has 0 saturated carbocycles. The molecule has 0 unspecified atom stereocenters. The number of phenols is 1. The molecule has 0 spiro atoms. The van der Waals surface area contributed by atoms with Crippen LogP contribution in [0.15, 0.2) is 34.3 Å². The molecule has 2 N–H and O–H groups in total. The van der Waals surface area contributed by atoms with E-state index in [1.165, 1.54) is 0 Å². The summed E-state index contributed by atoms with van der Waals surface area (Å²) < 4.78 is 0. The van der Waals surface area contributed by atoms with E-state index in [-0.39, 0.29) is 5.75 Å². The lowest BCUT2D eigenvalue weighted by atomic mass is 10.2. The predicted octanol–water partition coefficient (Wildman–Crippen LogP) is 0.728. The van der Waals surface area contributed by atoms with Crippen molar-refractivity contribution < 1.29 is 5.11 Å². The number of benzene rings is 1. The number of nitrogens with zero attached hydrogens (tertiary/aromatic N) is 2. The molecule has 0 saturated heterocycles. The largest absolute Gasteiger partial charge is 0.507 e. The minimum absolute atomic E-state index is 0.226. The van der Waals surface area contributed by atoms with E-state index < -0.39 is 0 Å². The Hall–Kier alpha value is -1.84. The number of rotatable bonds is 1. The van der Waals surface area contributed by atoms with E-state index in [9.17, 15) is 5.11 Å². The Balaban J connectivity index is 2.35. The van der Waals surface area contributed by atoms with Gasteiger partial charge in [-0.25, -0.2) is 4.99 Å². The maximum atomic E-state index is 9.50. The average Bonchev–Trinajstić information content (AvgIpc) is 2.20. The van der Waals surface area contributed by atoms with Crippen LogP contribution in [0.25, 0.3) is 0 Å². The fraction of sp³-hybridized carbons (Fsp3) is 0.111. The predicted molar refractivity (Wildman–Crippen MR) is 51.1 cm³/mol. The first kappa shape index (κ1) is 7.79. The van der Waals surface area contributed by atoms with Crippen molar-refractivity contribution in [2.24, 2.45) is 9.98 Å². The number of aromatic hydroxyl groups is 1. The van der Waals surface area contributed by atoms with Crippen LogP contribution >= 0.6 is 0 Å². The summed E-state index contributed by atoms with van der Waals surface area (Å²) in [6, 6.07) is 7.06. The van der Waals surface area contributed by atoms with Crippen LogP contribution < -0.4 is 5.32 Å². The van der Waals surface area contributed by atoms with Crippen molar-refractivity contribution >= 4 is 12.2 Å². The number of para-hydroxylation sites is 1. The molecule has 0 radical (unpaired) electrons. The smallest absolute Gasteiger partial charge is 0.139 e. The molecule has 0 atom stereocenters. The zero-order valence-corrected chi connectivity index (χ0v) is 6.94. The van der Waals surface area contributed by atoms with Gasteiger partial charge in [0.25, 0.3) is 0 Å². The number of aliphatic imine (C=N–C) groups is 2. The van der Waals surface area contributed by atoms with E-state index in [0.717, 1.165) is 0 Å². The standard InChI is InChI=1S/C9H9N3O/c13-8-4-2-1-3-7(8)9-11-5-10-6-12-9/h1-5,13H,6H2,(H,10,11,12). The summed E-state index contributed by atoms with van der Waals surface area (Å²) in [7, 11) is 0. The molecule has 2 rings (SSSR count). The van der Waals surface area contributed by atoms with Crippen molar-refractivity contribution in [2.45, 2.75) is 0 Å². The third kappa shape index (κ3) is 1.51. The summed E-state index contributed by atoms with van der Waals surface area (Å²) in [5, 5.41) is 12.4. The number of phenolic OH excluding ortho intramolecular Hbond substituents is 1. The molecule has 1 aromatic carbocycles. The summed E-state index contributed by atoms with van der Waals surface area (Å²) in [4.78, 5) is 7.99. The van der Waals surface area contributed by atoms with Gasteiger partial charge in [-0.1, -0.05) is 12.1 Å². The van der Waals surface area contributed by atoms with Crippen LogP contribution in [0, 0.1) is 0 Å². The maximum absolute atomic E-state index is 9.50. The van der Waals surface area contributed by atoms with E-state index in [2.05, 4.69) is 15.3 Å². The molecule has 13 heavy (non-hydrogen) atoms. The Labute approximate surface area is 75.7 Å². The first-order valence-corrected chi connectivity index (χ1v) is 3.95. The van der Waals surface area contributed by atoms with Crippen molar-refractivity contribution in [1.82, 2.24) is 5.32 Å². The van der Waals surface area contributed by atoms with Gasteiger partial charge in [0.2, 0.25) is 0 Å². The maximum Gasteiger partial charge on any atom is 0.139 e. The Bertz CT molecular complexity index is 371. The van der Waals surface area contributed by atoms with Gasteiger partial charge in [-0.15, -0.1) is 0 Å². The molecule has 0 fully saturated rings. The Morgan fingerprint density at radius 3 is 2.85 bits per heavy atom. The SMILES string of the molecule is Oc1ccccc1C1=NCN=CN1. The lowest BCUT2D eigenvalue weighted by Gasteiger charge is -2.10. The fourth-order valence-corrected chi connectivity index (χ4v) is 1.14. The van der Waals surface area contributed by atoms with Crippen molar-refractivity contribution in [3.8, 4) is 5.75 Å². The summed E-state index contributed by atoms with van der Waals surface area (Å²) in [6.07, 6.45) is 1.58. The molecule has 0 aliphatic carbocycles. The Kier molecular flexibility index (Phi) is 1.96. The van der Waals surface area contributed by atoms with Gasteiger partial charge in [0.05, 0.1) is 11.9 Å². The topological polar surface area (TPSA) is 57.0 Å². The molecule has 1 aliphatic rings. The van der Waals surface area contributed by atoms with Gasteiger partial charge in [0.15, 0.2) is 0 Å². The highest BCUT2D eigenvalue weighted by Gasteiger charge is 2.07. The van der Waals surface area contributed by atoms with Crippen LogP contribution in [-0.2, 0) is 0 Å². The van der Waals surface area contributed by atoms with E-state index in [0.29, 0.717) is 18.1 Å². The molecule has 1 aromatic rings. The number of hydrogen-bond acceptors (Lipinski definition) is 4. The van der Waals surface area contributed by atoms with Crippen molar-refractivity contribution in [3.05, 3.63) is 29.8 Å². The van der Waals surface area contributed by atoms with Crippen LogP contribution in [0.3, 0.4) is 0 Å². The van der Waals surface area contributed by atoms with Gasteiger partial charge in [0.1, 0.15) is 18.3 Å². The van der Waals surface area contributed by atoms with Gasteiger partial charge in [-0.05, 0) is 12.1 Å². The molecule has 4 heteroatoms. The first-order valence-electron chi connectivity index (χ1n) is 3.95. The molecule has 0 bridgehead atoms. The van der Waals surface area contributed by atoms with Crippen LogP contribution in [0.1, 0.15) is 5.56 Å². The number of amidine groups is 1. The molecule has 1 heterocycles. The fourth-order valence-electron chi connectivity index (χ4n) is 1.14. The van der Waals surface area contributed by atoms with Gasteiger partial charge in [0, 0.05) is 0 Å². The molecule has 66 valence electrons. The zero-order chi connectivity index (χ0) is 9.10. The van der Waals surface area contributed by atoms with Gasteiger partial charge >= 0.3 is 0 Å². The Morgan fingerprint density at radius 1 is 1.31 bits per heavy atom. The third-order valence-electron chi connectivity index (χ3n) is 1.76. The van der Waals surface area contributed by atoms with Crippen molar-refractivity contribution in [3.63, 3.8) is 0 Å². The quantitative estimate of drug-likeness (QED) is 0.661. The summed E-state index contributed by atoms with van der Waals surface area (Å²) in [5.74, 6) is 0.886.